The molecule has 0 spiro atoms. The molecule has 5 nitrogen and oxygen atoms in total. The first-order valence-corrected chi connectivity index (χ1v) is 8.85. The predicted molar refractivity (Wildman–Crippen MR) is 84.6 cm³/mol. The number of carbonyl (C=O) groups is 2. The van der Waals surface area contributed by atoms with E-state index in [1.165, 1.54) is 17.7 Å². The fraction of sp³-hybridized carbons (Fsp3) is 0.867. The molecule has 2 heterocycles. The van der Waals surface area contributed by atoms with E-state index < -0.39 is 12.0 Å². The van der Waals surface area contributed by atoms with Gasteiger partial charge in [-0.15, -0.1) is 0 Å². The first-order valence-electron chi connectivity index (χ1n) is 7.81. The molecule has 2 unspecified atom stereocenters. The van der Waals surface area contributed by atoms with Gasteiger partial charge in [0.15, 0.2) is 0 Å². The maximum Gasteiger partial charge on any atom is 0.327 e. The Hall–Kier alpha value is -0.910. The standard InChI is InChI=1S/C15H26N2O3S/c1-15(2)7-5-8-17(12(15)13(18)19)14(20)16-10-11-6-3-4-9-21-11/h11-12H,3-10H2,1-2H3,(H,16,20)(H,18,19). The zero-order valence-electron chi connectivity index (χ0n) is 12.9. The second kappa shape index (κ2) is 6.90. The minimum absolute atomic E-state index is 0.221. The molecule has 0 saturated carbocycles. The van der Waals surface area contributed by atoms with E-state index in [0.717, 1.165) is 25.0 Å². The summed E-state index contributed by atoms with van der Waals surface area (Å²) in [4.78, 5) is 25.5. The van der Waals surface area contributed by atoms with Gasteiger partial charge in [-0.2, -0.15) is 11.8 Å². The van der Waals surface area contributed by atoms with Crippen LogP contribution in [0, 0.1) is 5.41 Å². The van der Waals surface area contributed by atoms with Crippen LogP contribution in [0.5, 0.6) is 0 Å². The number of rotatable bonds is 3. The van der Waals surface area contributed by atoms with Gasteiger partial charge in [-0.25, -0.2) is 9.59 Å². The van der Waals surface area contributed by atoms with Gasteiger partial charge in [0.1, 0.15) is 6.04 Å². The summed E-state index contributed by atoms with van der Waals surface area (Å²) in [5.74, 6) is 0.261. The van der Waals surface area contributed by atoms with Gasteiger partial charge >= 0.3 is 12.0 Å². The molecule has 2 saturated heterocycles. The molecule has 2 N–H and O–H groups in total. The number of carboxylic acid groups (broad SMARTS) is 1. The van der Waals surface area contributed by atoms with Gasteiger partial charge in [-0.1, -0.05) is 20.3 Å². The summed E-state index contributed by atoms with van der Waals surface area (Å²) in [6.45, 7) is 5.04. The van der Waals surface area contributed by atoms with Gasteiger partial charge in [0.25, 0.3) is 0 Å². The van der Waals surface area contributed by atoms with E-state index in [4.69, 9.17) is 0 Å². The quantitative estimate of drug-likeness (QED) is 0.840. The molecule has 2 atom stereocenters. The van der Waals surface area contributed by atoms with E-state index >= 15 is 0 Å². The average molecular weight is 314 g/mol. The molecule has 0 aromatic carbocycles. The lowest BCUT2D eigenvalue weighted by Crippen LogP contribution is -2.59. The third kappa shape index (κ3) is 4.05. The molecular weight excluding hydrogens is 288 g/mol. The topological polar surface area (TPSA) is 69.6 Å². The Balaban J connectivity index is 1.94. The van der Waals surface area contributed by atoms with Crippen molar-refractivity contribution in [1.82, 2.24) is 10.2 Å². The van der Waals surface area contributed by atoms with Crippen molar-refractivity contribution in [1.29, 1.82) is 0 Å². The van der Waals surface area contributed by atoms with Crippen LogP contribution in [0.2, 0.25) is 0 Å². The molecule has 2 rings (SSSR count). The maximum atomic E-state index is 12.4. The highest BCUT2D eigenvalue weighted by Crippen LogP contribution is 2.35. The van der Waals surface area contributed by atoms with E-state index in [0.29, 0.717) is 18.3 Å². The molecule has 0 aromatic rings. The Morgan fingerprint density at radius 3 is 2.71 bits per heavy atom. The summed E-state index contributed by atoms with van der Waals surface area (Å²) in [5.41, 5.74) is -0.374. The Labute approximate surface area is 130 Å². The Morgan fingerprint density at radius 1 is 1.33 bits per heavy atom. The molecule has 2 aliphatic heterocycles. The number of likely N-dealkylation sites (tertiary alicyclic amines) is 1. The third-order valence-corrected chi connectivity index (χ3v) is 5.92. The SMILES string of the molecule is CC1(C)CCCN(C(=O)NCC2CCCCS2)C1C(=O)O. The fourth-order valence-electron chi connectivity index (χ4n) is 3.35. The number of thioether (sulfide) groups is 1. The minimum Gasteiger partial charge on any atom is -0.480 e. The zero-order chi connectivity index (χ0) is 15.5. The number of aliphatic carboxylic acids is 1. The molecule has 0 aliphatic carbocycles. The number of amides is 2. The first-order chi connectivity index (χ1) is 9.92. The van der Waals surface area contributed by atoms with Crippen LogP contribution in [0.3, 0.4) is 0 Å². The van der Waals surface area contributed by atoms with Gasteiger partial charge in [-0.05, 0) is 36.9 Å². The van der Waals surface area contributed by atoms with Gasteiger partial charge in [-0.3, -0.25) is 0 Å². The normalized spacial score (nSPS) is 29.0. The summed E-state index contributed by atoms with van der Waals surface area (Å²) in [6, 6.07) is -0.952. The van der Waals surface area contributed by atoms with Crippen LogP contribution >= 0.6 is 11.8 Å². The number of urea groups is 1. The van der Waals surface area contributed by atoms with Gasteiger partial charge in [0.2, 0.25) is 0 Å². The molecule has 120 valence electrons. The van der Waals surface area contributed by atoms with Crippen LogP contribution in [0.25, 0.3) is 0 Å². The van der Waals surface area contributed by atoms with E-state index in [1.807, 2.05) is 25.6 Å². The molecule has 21 heavy (non-hydrogen) atoms. The lowest BCUT2D eigenvalue weighted by atomic mass is 9.76. The Bertz CT molecular complexity index is 394. The largest absolute Gasteiger partial charge is 0.480 e. The van der Waals surface area contributed by atoms with Crippen LogP contribution < -0.4 is 5.32 Å². The lowest BCUT2D eigenvalue weighted by molar-refractivity contribution is -0.148. The average Bonchev–Trinajstić information content (AvgIpc) is 2.44. The molecule has 0 aromatic heterocycles. The van der Waals surface area contributed by atoms with Gasteiger partial charge < -0.3 is 15.3 Å². The van der Waals surface area contributed by atoms with Crippen molar-refractivity contribution in [3.8, 4) is 0 Å². The number of hydrogen-bond donors (Lipinski definition) is 2. The third-order valence-electron chi connectivity index (χ3n) is 4.52. The highest BCUT2D eigenvalue weighted by molar-refractivity contribution is 7.99. The zero-order valence-corrected chi connectivity index (χ0v) is 13.7. The number of nitrogens with one attached hydrogen (secondary N) is 1. The summed E-state index contributed by atoms with van der Waals surface area (Å²) in [6.07, 6.45) is 5.33. The molecular formula is C15H26N2O3S. The van der Waals surface area contributed by atoms with Crippen molar-refractivity contribution in [3.05, 3.63) is 0 Å². The molecule has 2 aliphatic rings. The highest BCUT2D eigenvalue weighted by atomic mass is 32.2. The second-order valence-electron chi connectivity index (χ2n) is 6.70. The van der Waals surface area contributed by atoms with E-state index in [-0.39, 0.29) is 11.4 Å². The minimum atomic E-state index is -0.901. The summed E-state index contributed by atoms with van der Waals surface area (Å²) >= 11 is 1.91. The van der Waals surface area contributed by atoms with E-state index in [9.17, 15) is 14.7 Å². The summed E-state index contributed by atoms with van der Waals surface area (Å²) < 4.78 is 0. The van der Waals surface area contributed by atoms with E-state index in [2.05, 4.69) is 5.32 Å². The fourth-order valence-corrected chi connectivity index (χ4v) is 4.59. The van der Waals surface area contributed by atoms with Gasteiger partial charge in [0, 0.05) is 18.3 Å². The van der Waals surface area contributed by atoms with Crippen molar-refractivity contribution in [2.75, 3.05) is 18.8 Å². The maximum absolute atomic E-state index is 12.4. The molecule has 2 amide bonds. The van der Waals surface area contributed by atoms with Gasteiger partial charge in [0.05, 0.1) is 0 Å². The number of piperidine rings is 1. The number of nitrogens with zero attached hydrogens (tertiary/aromatic N) is 1. The van der Waals surface area contributed by atoms with Crippen molar-refractivity contribution >= 4 is 23.8 Å². The summed E-state index contributed by atoms with van der Waals surface area (Å²) in [5, 5.41) is 12.9. The molecule has 2 fully saturated rings. The van der Waals surface area contributed by atoms with Crippen LogP contribution in [0.15, 0.2) is 0 Å². The van der Waals surface area contributed by atoms with Crippen molar-refractivity contribution in [2.24, 2.45) is 5.41 Å². The van der Waals surface area contributed by atoms with Crippen LogP contribution in [-0.2, 0) is 4.79 Å². The highest BCUT2D eigenvalue weighted by Gasteiger charge is 2.44. The Morgan fingerprint density at radius 2 is 2.10 bits per heavy atom. The molecule has 0 bridgehead atoms. The molecule has 6 heteroatoms. The van der Waals surface area contributed by atoms with Crippen LogP contribution in [0.4, 0.5) is 4.79 Å². The van der Waals surface area contributed by atoms with Crippen molar-refractivity contribution in [2.45, 2.75) is 57.2 Å². The number of carboxylic acids is 1. The predicted octanol–water partition coefficient (Wildman–Crippen LogP) is 2.56. The van der Waals surface area contributed by atoms with Crippen LogP contribution in [0.1, 0.15) is 46.0 Å². The smallest absolute Gasteiger partial charge is 0.327 e. The molecule has 0 radical (unpaired) electrons. The second-order valence-corrected chi connectivity index (χ2v) is 8.11. The lowest BCUT2D eigenvalue weighted by Gasteiger charge is -2.43. The monoisotopic (exact) mass is 314 g/mol. The van der Waals surface area contributed by atoms with Crippen molar-refractivity contribution < 1.29 is 14.7 Å². The summed E-state index contributed by atoms with van der Waals surface area (Å²) in [7, 11) is 0. The van der Waals surface area contributed by atoms with Crippen LogP contribution in [-0.4, -0.2) is 52.1 Å². The number of hydrogen-bond acceptors (Lipinski definition) is 3. The Kier molecular flexibility index (Phi) is 5.41. The first kappa shape index (κ1) is 16.5. The van der Waals surface area contributed by atoms with E-state index in [1.54, 1.807) is 0 Å². The van der Waals surface area contributed by atoms with Crippen molar-refractivity contribution in [3.63, 3.8) is 0 Å². The number of carbonyl (C=O) groups excluding carboxylic acids is 1.